The first-order valence-corrected chi connectivity index (χ1v) is 11.4. The highest BCUT2D eigenvalue weighted by molar-refractivity contribution is 6.45. The fraction of sp³-hybridized carbons (Fsp3) is 1.00. The zero-order chi connectivity index (χ0) is 20.3. The van der Waals surface area contributed by atoms with Gasteiger partial charge in [-0.25, -0.2) is 0 Å². The predicted molar refractivity (Wildman–Crippen MR) is 117 cm³/mol. The van der Waals surface area contributed by atoms with Gasteiger partial charge in [-0.1, -0.05) is 40.5 Å². The van der Waals surface area contributed by atoms with E-state index in [1.807, 2.05) is 0 Å². The van der Waals surface area contributed by atoms with Gasteiger partial charge in [-0.3, -0.25) is 0 Å². The molecule has 2 fully saturated rings. The summed E-state index contributed by atoms with van der Waals surface area (Å²) < 4.78 is 12.3. The maximum atomic E-state index is 6.16. The molecule has 158 valence electrons. The van der Waals surface area contributed by atoms with E-state index in [-0.39, 0.29) is 18.3 Å². The third-order valence-corrected chi connectivity index (χ3v) is 7.93. The lowest BCUT2D eigenvalue weighted by molar-refractivity contribution is 0.00578. The maximum absolute atomic E-state index is 6.16. The van der Waals surface area contributed by atoms with Crippen molar-refractivity contribution in [3.63, 3.8) is 0 Å². The van der Waals surface area contributed by atoms with Crippen LogP contribution >= 0.6 is 0 Å². The topological polar surface area (TPSA) is 21.7 Å². The van der Waals surface area contributed by atoms with Gasteiger partial charge in [0.1, 0.15) is 0 Å². The van der Waals surface area contributed by atoms with Crippen molar-refractivity contribution in [2.24, 2.45) is 10.8 Å². The van der Waals surface area contributed by atoms with E-state index in [2.05, 4.69) is 60.3 Å². The van der Waals surface area contributed by atoms with E-state index in [1.54, 1.807) is 0 Å². The fourth-order valence-electron chi connectivity index (χ4n) is 4.48. The van der Waals surface area contributed by atoms with Gasteiger partial charge in [0.15, 0.2) is 0 Å². The molecule has 0 spiro atoms. The van der Waals surface area contributed by atoms with E-state index in [0.717, 1.165) is 6.32 Å². The van der Waals surface area contributed by atoms with E-state index < -0.39 is 0 Å². The second-order valence-electron chi connectivity index (χ2n) is 11.4. The first-order valence-electron chi connectivity index (χ1n) is 11.4. The van der Waals surface area contributed by atoms with Gasteiger partial charge in [-0.15, -0.1) is 0 Å². The Bertz CT molecular complexity index is 449. The highest BCUT2D eigenvalue weighted by Gasteiger charge is 2.50. The molecule has 3 nitrogen and oxygen atoms in total. The zero-order valence-electron chi connectivity index (χ0n) is 19.6. The lowest BCUT2D eigenvalue weighted by Crippen LogP contribution is -2.41. The standard InChI is InChI=1S/C23H46BNO2/c1-20(2,3)23(8,15-13-19-25-17-11-12-18-25)14-9-10-16-24-26-21(4,5)22(6,7)27-24/h9-19H2,1-8H3. The van der Waals surface area contributed by atoms with Crippen LogP contribution in [-0.4, -0.2) is 42.9 Å². The first kappa shape index (κ1) is 23.2. The summed E-state index contributed by atoms with van der Waals surface area (Å²) in [7, 11) is -0.0361. The molecule has 2 rings (SSSR count). The zero-order valence-corrected chi connectivity index (χ0v) is 19.6. The number of nitrogens with zero attached hydrogens (tertiary/aromatic N) is 1. The molecule has 0 aromatic rings. The van der Waals surface area contributed by atoms with Gasteiger partial charge in [0.2, 0.25) is 0 Å². The van der Waals surface area contributed by atoms with Crippen molar-refractivity contribution >= 4 is 7.12 Å². The summed E-state index contributed by atoms with van der Waals surface area (Å²) in [5, 5.41) is 0. The van der Waals surface area contributed by atoms with Crippen molar-refractivity contribution < 1.29 is 9.31 Å². The van der Waals surface area contributed by atoms with E-state index in [0.29, 0.717) is 10.8 Å². The van der Waals surface area contributed by atoms with Gasteiger partial charge in [-0.2, -0.15) is 0 Å². The lowest BCUT2D eigenvalue weighted by Gasteiger charge is -2.43. The van der Waals surface area contributed by atoms with Crippen LogP contribution in [0.15, 0.2) is 0 Å². The monoisotopic (exact) mass is 379 g/mol. The summed E-state index contributed by atoms with van der Waals surface area (Å²) >= 11 is 0. The molecule has 0 aromatic carbocycles. The maximum Gasteiger partial charge on any atom is 0.457 e. The summed E-state index contributed by atoms with van der Waals surface area (Å²) in [6.07, 6.45) is 10.2. The molecule has 4 heteroatoms. The van der Waals surface area contributed by atoms with E-state index in [4.69, 9.17) is 9.31 Å². The highest BCUT2D eigenvalue weighted by atomic mass is 16.7. The third kappa shape index (κ3) is 5.96. The summed E-state index contributed by atoms with van der Waals surface area (Å²) in [5.74, 6) is 0. The summed E-state index contributed by atoms with van der Waals surface area (Å²) in [6, 6.07) is 0. The molecule has 1 atom stereocenters. The molecule has 0 saturated carbocycles. The van der Waals surface area contributed by atoms with Crippen LogP contribution in [0, 0.1) is 10.8 Å². The number of hydrogen-bond donors (Lipinski definition) is 0. The van der Waals surface area contributed by atoms with Gasteiger partial charge in [0, 0.05) is 0 Å². The Kier molecular flexibility index (Phi) is 7.53. The van der Waals surface area contributed by atoms with Crippen LogP contribution < -0.4 is 0 Å². The van der Waals surface area contributed by atoms with Gasteiger partial charge in [0.05, 0.1) is 11.2 Å². The molecule has 2 heterocycles. The van der Waals surface area contributed by atoms with Gasteiger partial charge >= 0.3 is 7.12 Å². The summed E-state index contributed by atoms with van der Waals surface area (Å²) in [6.45, 7) is 22.3. The van der Waals surface area contributed by atoms with Crippen LogP contribution in [-0.2, 0) is 9.31 Å². The molecule has 0 N–H and O–H groups in total. The molecule has 0 bridgehead atoms. The minimum atomic E-state index is -0.201. The summed E-state index contributed by atoms with van der Waals surface area (Å²) in [4.78, 5) is 2.65. The molecule has 1 unspecified atom stereocenters. The summed E-state index contributed by atoms with van der Waals surface area (Å²) in [5.41, 5.74) is 0.353. The Balaban J connectivity index is 1.75. The van der Waals surface area contributed by atoms with Crippen LogP contribution in [0.2, 0.25) is 6.32 Å². The minimum absolute atomic E-state index is 0.0361. The van der Waals surface area contributed by atoms with Gasteiger partial charge in [-0.05, 0) is 96.6 Å². The Morgan fingerprint density at radius 3 is 1.85 bits per heavy atom. The lowest BCUT2D eigenvalue weighted by atomic mass is 9.62. The highest BCUT2D eigenvalue weighted by Crippen LogP contribution is 2.46. The number of rotatable bonds is 9. The number of likely N-dealkylation sites (tertiary alicyclic amines) is 1. The van der Waals surface area contributed by atoms with Crippen molar-refractivity contribution in [3.8, 4) is 0 Å². The van der Waals surface area contributed by atoms with Crippen LogP contribution in [0.25, 0.3) is 0 Å². The molecule has 0 aromatic heterocycles. The van der Waals surface area contributed by atoms with Crippen molar-refractivity contribution in [2.45, 2.75) is 118 Å². The first-order chi connectivity index (χ1) is 12.4. The second kappa shape index (κ2) is 8.75. The Labute approximate surface area is 170 Å². The van der Waals surface area contributed by atoms with E-state index in [9.17, 15) is 0 Å². The van der Waals surface area contributed by atoms with E-state index >= 15 is 0 Å². The van der Waals surface area contributed by atoms with Crippen molar-refractivity contribution in [2.75, 3.05) is 19.6 Å². The van der Waals surface area contributed by atoms with Crippen molar-refractivity contribution in [1.29, 1.82) is 0 Å². The van der Waals surface area contributed by atoms with Crippen LogP contribution in [0.5, 0.6) is 0 Å². The fourth-order valence-corrected chi connectivity index (χ4v) is 4.48. The molecule has 2 aliphatic rings. The average Bonchev–Trinajstić information content (AvgIpc) is 3.09. The van der Waals surface area contributed by atoms with Crippen LogP contribution in [0.3, 0.4) is 0 Å². The van der Waals surface area contributed by atoms with E-state index in [1.165, 1.54) is 64.6 Å². The molecule has 2 aliphatic heterocycles. The molecule has 0 aliphatic carbocycles. The molecule has 0 amide bonds. The largest absolute Gasteiger partial charge is 0.457 e. The Hall–Kier alpha value is -0.0551. The molecule has 0 radical (unpaired) electrons. The van der Waals surface area contributed by atoms with Gasteiger partial charge < -0.3 is 14.2 Å². The third-order valence-electron chi connectivity index (χ3n) is 7.93. The SMILES string of the molecule is CC(C)(C)C(C)(CCCCB1OC(C)(C)C(C)(C)O1)CCCN1CCCC1. The van der Waals surface area contributed by atoms with Crippen LogP contribution in [0.4, 0.5) is 0 Å². The second-order valence-corrected chi connectivity index (χ2v) is 11.4. The number of hydrogen-bond acceptors (Lipinski definition) is 3. The van der Waals surface area contributed by atoms with Crippen LogP contribution in [0.1, 0.15) is 100 Å². The molecule has 27 heavy (non-hydrogen) atoms. The van der Waals surface area contributed by atoms with Gasteiger partial charge in [0.25, 0.3) is 0 Å². The molecule has 2 saturated heterocycles. The average molecular weight is 379 g/mol. The Morgan fingerprint density at radius 2 is 1.33 bits per heavy atom. The molecular formula is C23H46BNO2. The van der Waals surface area contributed by atoms with Crippen molar-refractivity contribution in [3.05, 3.63) is 0 Å². The number of unbranched alkanes of at least 4 members (excludes halogenated alkanes) is 1. The quantitative estimate of drug-likeness (QED) is 0.353. The van der Waals surface area contributed by atoms with Crippen molar-refractivity contribution in [1.82, 2.24) is 4.90 Å². The predicted octanol–water partition coefficient (Wildman–Crippen LogP) is 6.18. The Morgan fingerprint density at radius 1 is 0.815 bits per heavy atom. The molecular weight excluding hydrogens is 333 g/mol. The smallest absolute Gasteiger partial charge is 0.403 e. The minimum Gasteiger partial charge on any atom is -0.403 e. The normalized spacial score (nSPS) is 25.1.